The van der Waals surface area contributed by atoms with E-state index in [4.69, 9.17) is 0 Å². The van der Waals surface area contributed by atoms with Crippen LogP contribution in [0.3, 0.4) is 0 Å². The van der Waals surface area contributed by atoms with Gasteiger partial charge in [0.05, 0.1) is 78.5 Å². The molecule has 414 valence electrons. The molecule has 9 aromatic carbocycles. The lowest BCUT2D eigenvalue weighted by molar-refractivity contribution is -0.144. The number of rotatable bonds is 6. The van der Waals surface area contributed by atoms with Gasteiger partial charge in [-0.3, -0.25) is 0 Å². The van der Waals surface area contributed by atoms with Crippen molar-refractivity contribution >= 4 is 43.6 Å². The summed E-state index contributed by atoms with van der Waals surface area (Å²) in [5.74, 6) is 0. The maximum absolute atomic E-state index is 14.4. The van der Waals surface area contributed by atoms with Gasteiger partial charge in [0, 0.05) is 32.7 Å². The van der Waals surface area contributed by atoms with Gasteiger partial charge in [0.1, 0.15) is 0 Å². The summed E-state index contributed by atoms with van der Waals surface area (Å²) >= 11 is 0. The standard InChI is InChI=1S/C61H29F18N3/c62-56(63,64)38-18-35(19-39(27-38)57(65,66)67)32-11-15-52-48(24-32)44-5-1-3-7-50(44)81(52)54-17-31(30-80)9-13-46(54)47-14-10-34(37-22-42(60(74,75)76)29-43(23-37)61(77,78)79)26-55(47)82-51-8-4-2-6-45(51)49-25-33(12-16-53(49)82)36-20-40(58(68,69)70)28-41(21-36)59(71,72)73/h1-29H. The third kappa shape index (κ3) is 9.89. The molecule has 2 heterocycles. The largest absolute Gasteiger partial charge is 0.416 e. The van der Waals surface area contributed by atoms with Crippen LogP contribution in [0.1, 0.15) is 38.9 Å². The van der Waals surface area contributed by atoms with Gasteiger partial charge in [0.25, 0.3) is 0 Å². The minimum Gasteiger partial charge on any atom is -0.309 e. The molecule has 0 saturated heterocycles. The predicted octanol–water partition coefficient (Wildman–Crippen LogP) is 20.5. The van der Waals surface area contributed by atoms with E-state index < -0.39 is 87.1 Å². The lowest BCUT2D eigenvalue weighted by Gasteiger charge is -2.21. The Balaban J connectivity index is 1.20. The number of para-hydroxylation sites is 2. The molecule has 21 heteroatoms. The van der Waals surface area contributed by atoms with Crippen LogP contribution in [-0.2, 0) is 37.1 Å². The van der Waals surface area contributed by atoms with E-state index in [0.29, 0.717) is 63.6 Å². The number of fused-ring (bicyclic) bond motifs is 6. The Bertz CT molecular complexity index is 4340. The monoisotopic (exact) mass is 1150 g/mol. The Labute approximate surface area is 449 Å². The van der Waals surface area contributed by atoms with Crippen molar-refractivity contribution in [2.75, 3.05) is 0 Å². The lowest BCUT2D eigenvalue weighted by atomic mass is 9.94. The van der Waals surface area contributed by atoms with Crippen LogP contribution < -0.4 is 0 Å². The lowest BCUT2D eigenvalue weighted by Crippen LogP contribution is -2.11. The van der Waals surface area contributed by atoms with E-state index in [1.807, 2.05) is 0 Å². The molecule has 82 heavy (non-hydrogen) atoms. The number of benzene rings is 9. The highest BCUT2D eigenvalue weighted by Gasteiger charge is 2.40. The molecule has 0 atom stereocenters. The highest BCUT2D eigenvalue weighted by Crippen LogP contribution is 2.47. The Morgan fingerprint density at radius 3 is 0.902 bits per heavy atom. The first-order chi connectivity index (χ1) is 38.4. The molecular weight excluding hydrogens is 1120 g/mol. The number of hydrogen-bond donors (Lipinski definition) is 0. The van der Waals surface area contributed by atoms with Crippen LogP contribution in [0, 0.1) is 11.3 Å². The minimum absolute atomic E-state index is 0.00877. The quantitative estimate of drug-likeness (QED) is 0.153. The van der Waals surface area contributed by atoms with Gasteiger partial charge in [0.15, 0.2) is 0 Å². The van der Waals surface area contributed by atoms with Gasteiger partial charge in [-0.15, -0.1) is 0 Å². The van der Waals surface area contributed by atoms with Gasteiger partial charge < -0.3 is 9.13 Å². The van der Waals surface area contributed by atoms with Crippen LogP contribution in [0.5, 0.6) is 0 Å². The number of hydrogen-bond acceptors (Lipinski definition) is 1. The molecule has 3 nitrogen and oxygen atoms in total. The molecule has 0 aliphatic rings. The molecule has 2 aromatic heterocycles. The topological polar surface area (TPSA) is 33.6 Å². The van der Waals surface area contributed by atoms with Gasteiger partial charge in [-0.1, -0.05) is 66.7 Å². The van der Waals surface area contributed by atoms with Crippen LogP contribution in [-0.4, -0.2) is 9.13 Å². The fourth-order valence-electron chi connectivity index (χ4n) is 10.3. The third-order valence-electron chi connectivity index (χ3n) is 14.0. The summed E-state index contributed by atoms with van der Waals surface area (Å²) in [6, 6.07) is 34.3. The van der Waals surface area contributed by atoms with Crippen molar-refractivity contribution in [3.63, 3.8) is 0 Å². The van der Waals surface area contributed by atoms with Crippen molar-refractivity contribution < 1.29 is 79.0 Å². The van der Waals surface area contributed by atoms with Gasteiger partial charge in [-0.05, 0) is 143 Å². The fourth-order valence-corrected chi connectivity index (χ4v) is 10.3. The highest BCUT2D eigenvalue weighted by atomic mass is 19.4. The molecule has 0 bridgehead atoms. The second-order valence-electron chi connectivity index (χ2n) is 19.1. The van der Waals surface area contributed by atoms with Gasteiger partial charge >= 0.3 is 37.1 Å². The fraction of sp³-hybridized carbons (Fsp3) is 0.0984. The Kier molecular flexibility index (Phi) is 12.7. The van der Waals surface area contributed by atoms with Gasteiger partial charge in [-0.2, -0.15) is 84.3 Å². The molecule has 0 N–H and O–H groups in total. The van der Waals surface area contributed by atoms with Crippen molar-refractivity contribution in [2.24, 2.45) is 0 Å². The maximum atomic E-state index is 14.4. The summed E-state index contributed by atoms with van der Waals surface area (Å²) in [6.07, 6.45) is -31.3. The second kappa shape index (κ2) is 19.0. The molecule has 0 aliphatic heterocycles. The van der Waals surface area contributed by atoms with Crippen molar-refractivity contribution in [2.45, 2.75) is 37.1 Å². The molecule has 0 unspecified atom stereocenters. The minimum atomic E-state index is -5.27. The Morgan fingerprint density at radius 1 is 0.268 bits per heavy atom. The highest BCUT2D eigenvalue weighted by molar-refractivity contribution is 6.13. The van der Waals surface area contributed by atoms with Gasteiger partial charge in [0.2, 0.25) is 0 Å². The van der Waals surface area contributed by atoms with E-state index >= 15 is 0 Å². The van der Waals surface area contributed by atoms with Crippen LogP contribution in [0.2, 0.25) is 0 Å². The smallest absolute Gasteiger partial charge is 0.309 e. The second-order valence-corrected chi connectivity index (χ2v) is 19.1. The first kappa shape index (κ1) is 54.8. The summed E-state index contributed by atoms with van der Waals surface area (Å²) in [5, 5.41) is 11.6. The summed E-state index contributed by atoms with van der Waals surface area (Å²) in [6.45, 7) is 0. The van der Waals surface area contributed by atoms with Crippen LogP contribution in [0.4, 0.5) is 79.0 Å². The molecular formula is C61H29F18N3. The van der Waals surface area contributed by atoms with Crippen molar-refractivity contribution in [1.82, 2.24) is 9.13 Å². The molecule has 0 spiro atoms. The Hall–Kier alpha value is -9.19. The maximum Gasteiger partial charge on any atom is 0.416 e. The van der Waals surface area contributed by atoms with Gasteiger partial charge in [-0.25, -0.2) is 0 Å². The van der Waals surface area contributed by atoms with E-state index in [1.165, 1.54) is 72.8 Å². The summed E-state index contributed by atoms with van der Waals surface area (Å²) in [7, 11) is 0. The average molecular weight is 1150 g/mol. The molecule has 0 fully saturated rings. The number of nitriles is 1. The molecule has 0 radical (unpaired) electrons. The number of halogens is 18. The number of alkyl halides is 18. The van der Waals surface area contributed by atoms with Crippen molar-refractivity contribution in [1.29, 1.82) is 5.26 Å². The van der Waals surface area contributed by atoms with E-state index in [0.717, 1.165) is 0 Å². The average Bonchev–Trinajstić information content (AvgIpc) is 2.45. The normalized spacial score (nSPS) is 13.0. The SMILES string of the molecule is N#Cc1ccc(-c2ccc(-c3cc(C(F)(F)F)cc(C(F)(F)F)c3)cc2-n2c3ccccc3c3cc(-c4cc(C(F)(F)F)cc(C(F)(F)F)c4)ccc32)c(-n2c3ccccc3c3cc(-c4cc(C(F)(F)F)cc(C(F)(F)F)c4)ccc32)c1. The summed E-state index contributed by atoms with van der Waals surface area (Å²) in [5.41, 5.74) is -9.68. The van der Waals surface area contributed by atoms with Crippen LogP contribution in [0.25, 0.3) is 99.5 Å². The molecule has 11 rings (SSSR count). The van der Waals surface area contributed by atoms with E-state index in [2.05, 4.69) is 6.07 Å². The first-order valence-corrected chi connectivity index (χ1v) is 24.0. The van der Waals surface area contributed by atoms with E-state index in [9.17, 15) is 84.3 Å². The predicted molar refractivity (Wildman–Crippen MR) is 272 cm³/mol. The summed E-state index contributed by atoms with van der Waals surface area (Å²) in [4.78, 5) is 0. The Morgan fingerprint density at radius 2 is 0.561 bits per heavy atom. The van der Waals surface area contributed by atoms with Crippen LogP contribution in [0.15, 0.2) is 176 Å². The van der Waals surface area contributed by atoms with E-state index in [1.54, 1.807) is 57.7 Å². The zero-order chi connectivity index (χ0) is 58.8. The van der Waals surface area contributed by atoms with Crippen molar-refractivity contribution in [3.05, 3.63) is 215 Å². The molecule has 0 saturated carbocycles. The molecule has 11 aromatic rings. The number of nitrogens with zero attached hydrogens (tertiary/aromatic N) is 3. The molecule has 0 aliphatic carbocycles. The van der Waals surface area contributed by atoms with Crippen LogP contribution >= 0.6 is 0 Å². The molecule has 0 amide bonds. The zero-order valence-corrected chi connectivity index (χ0v) is 40.9. The third-order valence-corrected chi connectivity index (χ3v) is 14.0. The van der Waals surface area contributed by atoms with Crippen molar-refractivity contribution in [3.8, 4) is 62.0 Å². The zero-order valence-electron chi connectivity index (χ0n) is 40.9. The first-order valence-electron chi connectivity index (χ1n) is 24.0. The van der Waals surface area contributed by atoms with E-state index in [-0.39, 0.29) is 79.4 Å². The number of aromatic nitrogens is 2. The summed E-state index contributed by atoms with van der Waals surface area (Å²) < 4.78 is 259.